The van der Waals surface area contributed by atoms with Gasteiger partial charge in [-0.25, -0.2) is 4.79 Å². The zero-order chi connectivity index (χ0) is 13.7. The molecule has 0 saturated carbocycles. The number of ketones is 1. The van der Waals surface area contributed by atoms with E-state index in [2.05, 4.69) is 10.2 Å². The Labute approximate surface area is 111 Å². The lowest BCUT2D eigenvalue weighted by atomic mass is 10.1. The molecule has 0 radical (unpaired) electrons. The Bertz CT molecular complexity index is 470. The van der Waals surface area contributed by atoms with Gasteiger partial charge in [0.1, 0.15) is 5.75 Å². The highest BCUT2D eigenvalue weighted by atomic mass is 16.5. The zero-order valence-electron chi connectivity index (χ0n) is 10.6. The van der Waals surface area contributed by atoms with Crippen molar-refractivity contribution in [1.82, 2.24) is 10.2 Å². The number of para-hydroxylation sites is 1. The van der Waals surface area contributed by atoms with E-state index < -0.39 is 6.09 Å². The second-order valence-electron chi connectivity index (χ2n) is 4.37. The summed E-state index contributed by atoms with van der Waals surface area (Å²) in [6, 6.07) is 6.64. The van der Waals surface area contributed by atoms with Crippen LogP contribution in [0.4, 0.5) is 4.79 Å². The standard InChI is InChI=1S/C13H17N3O3/c14-13(18)19-12-4-2-1-3-10(12)11(17)9-16-7-5-15-6-8-16/h1-4,15H,5-9H2,(H2,14,18). The molecule has 2 rings (SSSR count). The quantitative estimate of drug-likeness (QED) is 0.760. The lowest BCUT2D eigenvalue weighted by molar-refractivity contribution is 0.0919. The number of nitrogens with one attached hydrogen (secondary N) is 1. The molecule has 1 aromatic rings. The number of Topliss-reactive ketones (excluding diaryl/α,β-unsaturated/α-hetero) is 1. The fourth-order valence-corrected chi connectivity index (χ4v) is 2.05. The molecule has 0 unspecified atom stereocenters. The molecule has 1 heterocycles. The lowest BCUT2D eigenvalue weighted by Gasteiger charge is -2.26. The molecule has 6 heteroatoms. The van der Waals surface area contributed by atoms with Gasteiger partial charge in [-0.15, -0.1) is 0 Å². The number of carbonyl (C=O) groups excluding carboxylic acids is 2. The van der Waals surface area contributed by atoms with Crippen molar-refractivity contribution < 1.29 is 14.3 Å². The predicted molar refractivity (Wildman–Crippen MR) is 70.3 cm³/mol. The number of hydrogen-bond acceptors (Lipinski definition) is 5. The van der Waals surface area contributed by atoms with E-state index in [9.17, 15) is 9.59 Å². The number of rotatable bonds is 4. The maximum Gasteiger partial charge on any atom is 0.409 e. The molecule has 1 aliphatic heterocycles. The summed E-state index contributed by atoms with van der Waals surface area (Å²) in [6.07, 6.45) is -0.914. The Kier molecular flexibility index (Phi) is 4.48. The van der Waals surface area contributed by atoms with Gasteiger partial charge < -0.3 is 15.8 Å². The SMILES string of the molecule is NC(=O)Oc1ccccc1C(=O)CN1CCNCC1. The van der Waals surface area contributed by atoms with Crippen molar-refractivity contribution in [3.05, 3.63) is 29.8 Å². The molecule has 1 aliphatic rings. The van der Waals surface area contributed by atoms with Crippen LogP contribution in [-0.4, -0.2) is 49.5 Å². The van der Waals surface area contributed by atoms with Gasteiger partial charge in [0.2, 0.25) is 0 Å². The third-order valence-electron chi connectivity index (χ3n) is 2.97. The van der Waals surface area contributed by atoms with Gasteiger partial charge in [-0.05, 0) is 12.1 Å². The molecule has 1 aromatic carbocycles. The first kappa shape index (κ1) is 13.5. The molecule has 19 heavy (non-hydrogen) atoms. The van der Waals surface area contributed by atoms with E-state index in [-0.39, 0.29) is 11.5 Å². The van der Waals surface area contributed by atoms with Crippen LogP contribution < -0.4 is 15.8 Å². The highest BCUT2D eigenvalue weighted by molar-refractivity contribution is 6.00. The largest absolute Gasteiger partial charge is 0.410 e. The predicted octanol–water partition coefficient (Wildman–Crippen LogP) is 0.232. The second-order valence-corrected chi connectivity index (χ2v) is 4.37. The number of carbonyl (C=O) groups is 2. The molecule has 0 aliphatic carbocycles. The lowest BCUT2D eigenvalue weighted by Crippen LogP contribution is -2.45. The van der Waals surface area contributed by atoms with Crippen molar-refractivity contribution >= 4 is 11.9 Å². The van der Waals surface area contributed by atoms with Crippen LogP contribution in [0.3, 0.4) is 0 Å². The summed E-state index contributed by atoms with van der Waals surface area (Å²) >= 11 is 0. The molecule has 0 bridgehead atoms. The molecule has 1 saturated heterocycles. The monoisotopic (exact) mass is 263 g/mol. The maximum atomic E-state index is 12.2. The van der Waals surface area contributed by atoms with Gasteiger partial charge in [0.25, 0.3) is 0 Å². The highest BCUT2D eigenvalue weighted by Crippen LogP contribution is 2.19. The van der Waals surface area contributed by atoms with Crippen LogP contribution in [0, 0.1) is 0 Å². The van der Waals surface area contributed by atoms with Crippen molar-refractivity contribution in [3.8, 4) is 5.75 Å². The number of benzene rings is 1. The topological polar surface area (TPSA) is 84.7 Å². The highest BCUT2D eigenvalue weighted by Gasteiger charge is 2.18. The van der Waals surface area contributed by atoms with E-state index in [0.717, 1.165) is 26.2 Å². The number of nitrogens with two attached hydrogens (primary N) is 1. The maximum absolute atomic E-state index is 12.2. The number of amides is 1. The fraction of sp³-hybridized carbons (Fsp3) is 0.385. The molecule has 0 atom stereocenters. The van der Waals surface area contributed by atoms with E-state index in [0.29, 0.717) is 12.1 Å². The molecular weight excluding hydrogens is 246 g/mol. The molecule has 6 nitrogen and oxygen atoms in total. The van der Waals surface area contributed by atoms with E-state index in [1.165, 1.54) is 0 Å². The Morgan fingerprint density at radius 2 is 1.95 bits per heavy atom. The van der Waals surface area contributed by atoms with Crippen molar-refractivity contribution in [2.24, 2.45) is 5.73 Å². The summed E-state index contributed by atoms with van der Waals surface area (Å²) < 4.78 is 4.84. The van der Waals surface area contributed by atoms with Crippen molar-refractivity contribution in [1.29, 1.82) is 0 Å². The van der Waals surface area contributed by atoms with Gasteiger partial charge in [0.05, 0.1) is 12.1 Å². The van der Waals surface area contributed by atoms with Crippen LogP contribution in [0.2, 0.25) is 0 Å². The number of piperazine rings is 1. The van der Waals surface area contributed by atoms with E-state index in [1.54, 1.807) is 24.3 Å². The van der Waals surface area contributed by atoms with Crippen LogP contribution in [0.15, 0.2) is 24.3 Å². The number of hydrogen-bond donors (Lipinski definition) is 2. The van der Waals surface area contributed by atoms with Gasteiger partial charge in [0.15, 0.2) is 5.78 Å². The van der Waals surface area contributed by atoms with Crippen LogP contribution >= 0.6 is 0 Å². The van der Waals surface area contributed by atoms with Gasteiger partial charge in [-0.2, -0.15) is 0 Å². The first-order chi connectivity index (χ1) is 9.16. The molecule has 0 spiro atoms. The Morgan fingerprint density at radius 3 is 2.63 bits per heavy atom. The van der Waals surface area contributed by atoms with Gasteiger partial charge >= 0.3 is 6.09 Å². The first-order valence-corrected chi connectivity index (χ1v) is 6.19. The van der Waals surface area contributed by atoms with Crippen LogP contribution in [0.25, 0.3) is 0 Å². The third kappa shape index (κ3) is 3.77. The minimum Gasteiger partial charge on any atom is -0.410 e. The van der Waals surface area contributed by atoms with Gasteiger partial charge in [0, 0.05) is 26.2 Å². The number of nitrogens with zero attached hydrogens (tertiary/aromatic N) is 1. The van der Waals surface area contributed by atoms with Crippen LogP contribution in [-0.2, 0) is 0 Å². The van der Waals surface area contributed by atoms with Gasteiger partial charge in [-0.1, -0.05) is 12.1 Å². The zero-order valence-corrected chi connectivity index (χ0v) is 10.6. The molecule has 1 amide bonds. The minimum atomic E-state index is -0.914. The normalized spacial score (nSPS) is 16.0. The third-order valence-corrected chi connectivity index (χ3v) is 2.97. The summed E-state index contributed by atoms with van der Waals surface area (Å²) in [5, 5.41) is 3.23. The Balaban J connectivity index is 2.07. The van der Waals surface area contributed by atoms with Gasteiger partial charge in [-0.3, -0.25) is 9.69 Å². The Morgan fingerprint density at radius 1 is 1.26 bits per heavy atom. The minimum absolute atomic E-state index is 0.0706. The average molecular weight is 263 g/mol. The van der Waals surface area contributed by atoms with E-state index >= 15 is 0 Å². The number of primary amides is 1. The van der Waals surface area contributed by atoms with Crippen molar-refractivity contribution in [3.63, 3.8) is 0 Å². The smallest absolute Gasteiger partial charge is 0.409 e. The Hall–Kier alpha value is -1.92. The summed E-state index contributed by atoms with van der Waals surface area (Å²) in [5.41, 5.74) is 5.38. The van der Waals surface area contributed by atoms with Crippen molar-refractivity contribution in [2.45, 2.75) is 0 Å². The summed E-state index contributed by atoms with van der Waals surface area (Å²) in [7, 11) is 0. The van der Waals surface area contributed by atoms with E-state index in [4.69, 9.17) is 10.5 Å². The summed E-state index contributed by atoms with van der Waals surface area (Å²) in [6.45, 7) is 3.76. The van der Waals surface area contributed by atoms with Crippen LogP contribution in [0.1, 0.15) is 10.4 Å². The first-order valence-electron chi connectivity index (χ1n) is 6.19. The number of ether oxygens (including phenoxy) is 1. The van der Waals surface area contributed by atoms with E-state index in [1.807, 2.05) is 0 Å². The second kappa shape index (κ2) is 6.31. The summed E-state index contributed by atoms with van der Waals surface area (Å²) in [4.78, 5) is 25.1. The molecule has 3 N–H and O–H groups in total. The van der Waals surface area contributed by atoms with Crippen LogP contribution in [0.5, 0.6) is 5.75 Å². The molecular formula is C13H17N3O3. The molecule has 102 valence electrons. The fourth-order valence-electron chi connectivity index (χ4n) is 2.05. The van der Waals surface area contributed by atoms with Crippen molar-refractivity contribution in [2.75, 3.05) is 32.7 Å². The molecule has 1 fully saturated rings. The average Bonchev–Trinajstić information content (AvgIpc) is 2.39. The summed E-state index contributed by atoms with van der Waals surface area (Å²) in [5.74, 6) is 0.147. The molecule has 0 aromatic heterocycles.